The molecule has 2 heterocycles. The van der Waals surface area contributed by atoms with E-state index in [9.17, 15) is 14.4 Å². The first-order chi connectivity index (χ1) is 15.4. The van der Waals surface area contributed by atoms with E-state index in [1.165, 1.54) is 17.6 Å². The van der Waals surface area contributed by atoms with E-state index < -0.39 is 18.0 Å². The van der Waals surface area contributed by atoms with Crippen LogP contribution in [0.5, 0.6) is 0 Å². The summed E-state index contributed by atoms with van der Waals surface area (Å²) in [5.41, 5.74) is 2.18. The van der Waals surface area contributed by atoms with Crippen LogP contribution in [0.4, 0.5) is 5.00 Å². The fraction of sp³-hybridized carbons (Fsp3) is 0.292. The van der Waals surface area contributed by atoms with E-state index >= 15 is 0 Å². The van der Waals surface area contributed by atoms with Gasteiger partial charge in [0.1, 0.15) is 5.00 Å². The van der Waals surface area contributed by atoms with Gasteiger partial charge >= 0.3 is 5.97 Å². The molecule has 7 nitrogen and oxygen atoms in total. The molecular weight excluding hydrogens is 428 g/mol. The molecule has 0 spiro atoms. The van der Waals surface area contributed by atoms with Gasteiger partial charge in [-0.05, 0) is 56.4 Å². The molecule has 2 unspecified atom stereocenters. The van der Waals surface area contributed by atoms with Gasteiger partial charge in [0.05, 0.1) is 17.9 Å². The normalized spacial score (nSPS) is 14.3. The number of carbonyl (C=O) groups excluding carboxylic acids is 3. The van der Waals surface area contributed by atoms with Crippen LogP contribution in [0.3, 0.4) is 0 Å². The second-order valence-corrected chi connectivity index (χ2v) is 8.79. The molecule has 3 aromatic rings. The molecule has 32 heavy (non-hydrogen) atoms. The minimum Gasteiger partial charge on any atom is -0.459 e. The number of aryl methyl sites for hydroxylation is 1. The van der Waals surface area contributed by atoms with E-state index in [2.05, 4.69) is 10.6 Å². The molecular formula is C24H24N2O5S. The van der Waals surface area contributed by atoms with E-state index in [0.717, 1.165) is 35.3 Å². The van der Waals surface area contributed by atoms with Crippen LogP contribution in [0, 0.1) is 0 Å². The number of thiophene rings is 1. The summed E-state index contributed by atoms with van der Waals surface area (Å²) in [6.45, 7) is 3.41. The van der Waals surface area contributed by atoms with Crippen LogP contribution in [0.2, 0.25) is 0 Å². The maximum absolute atomic E-state index is 13.1. The van der Waals surface area contributed by atoms with Gasteiger partial charge in [-0.3, -0.25) is 9.59 Å². The van der Waals surface area contributed by atoms with Crippen LogP contribution in [-0.4, -0.2) is 23.9 Å². The molecule has 0 radical (unpaired) electrons. The minimum atomic E-state index is -0.987. The maximum Gasteiger partial charge on any atom is 0.342 e. The van der Waals surface area contributed by atoms with Crippen molar-refractivity contribution in [2.24, 2.45) is 0 Å². The fourth-order valence-corrected chi connectivity index (χ4v) is 4.98. The van der Waals surface area contributed by atoms with Crippen LogP contribution >= 0.6 is 11.3 Å². The summed E-state index contributed by atoms with van der Waals surface area (Å²) in [4.78, 5) is 39.2. The lowest BCUT2D eigenvalue weighted by molar-refractivity contribution is -0.129. The molecule has 0 fully saturated rings. The Morgan fingerprint density at radius 3 is 2.56 bits per heavy atom. The third kappa shape index (κ3) is 4.60. The molecule has 4 rings (SSSR count). The average molecular weight is 453 g/mol. The van der Waals surface area contributed by atoms with E-state index in [4.69, 9.17) is 9.15 Å². The third-order valence-corrected chi connectivity index (χ3v) is 6.62. The molecule has 0 saturated carbocycles. The predicted molar refractivity (Wildman–Crippen MR) is 121 cm³/mol. The first-order valence-corrected chi connectivity index (χ1v) is 11.3. The van der Waals surface area contributed by atoms with Crippen LogP contribution in [-0.2, 0) is 22.4 Å². The molecule has 0 bridgehead atoms. The van der Waals surface area contributed by atoms with E-state index in [1.54, 1.807) is 19.1 Å². The molecule has 2 N–H and O–H groups in total. The van der Waals surface area contributed by atoms with Gasteiger partial charge in [0.15, 0.2) is 11.9 Å². The summed E-state index contributed by atoms with van der Waals surface area (Å²) in [7, 11) is 0. The van der Waals surface area contributed by atoms with Gasteiger partial charge in [-0.1, -0.05) is 30.3 Å². The summed E-state index contributed by atoms with van der Waals surface area (Å²) in [6, 6.07) is 12.5. The number of fused-ring (bicyclic) bond motifs is 1. The molecule has 1 aliphatic carbocycles. The quantitative estimate of drug-likeness (QED) is 0.514. The van der Waals surface area contributed by atoms with E-state index in [0.29, 0.717) is 10.6 Å². The number of esters is 1. The van der Waals surface area contributed by atoms with E-state index in [1.807, 2.05) is 37.3 Å². The van der Waals surface area contributed by atoms with Crippen molar-refractivity contribution in [1.29, 1.82) is 0 Å². The number of hydrogen-bond acceptors (Lipinski definition) is 6. The summed E-state index contributed by atoms with van der Waals surface area (Å²) < 4.78 is 10.7. The smallest absolute Gasteiger partial charge is 0.342 e. The van der Waals surface area contributed by atoms with Crippen molar-refractivity contribution in [2.75, 3.05) is 5.32 Å². The summed E-state index contributed by atoms with van der Waals surface area (Å²) in [5, 5.41) is 6.06. The Balaban J connectivity index is 1.46. The highest BCUT2D eigenvalue weighted by Crippen LogP contribution is 2.39. The molecule has 1 aliphatic rings. The standard InChI is InChI=1S/C24H24N2O5S/c1-14(16-8-4-3-5-9-16)25-21(27)15(2)31-24(29)20-17-10-6-12-19(17)32-23(20)26-22(28)18-11-7-13-30-18/h3-5,7-9,11,13-15H,6,10,12H2,1-2H3,(H,25,27)(H,26,28). The zero-order valence-electron chi connectivity index (χ0n) is 17.8. The van der Waals surface area contributed by atoms with Gasteiger partial charge in [-0.25, -0.2) is 4.79 Å². The zero-order valence-corrected chi connectivity index (χ0v) is 18.7. The highest BCUT2D eigenvalue weighted by Gasteiger charge is 2.31. The number of anilines is 1. The maximum atomic E-state index is 13.1. The first-order valence-electron chi connectivity index (χ1n) is 10.5. The van der Waals surface area contributed by atoms with Crippen LogP contribution < -0.4 is 10.6 Å². The Morgan fingerprint density at radius 1 is 1.06 bits per heavy atom. The summed E-state index contributed by atoms with van der Waals surface area (Å²) in [6.07, 6.45) is 2.95. The van der Waals surface area contributed by atoms with Crippen molar-refractivity contribution < 1.29 is 23.5 Å². The van der Waals surface area contributed by atoms with Gasteiger partial charge in [0.25, 0.3) is 11.8 Å². The molecule has 2 aromatic heterocycles. The van der Waals surface area contributed by atoms with Crippen LogP contribution in [0.1, 0.15) is 63.2 Å². The minimum absolute atomic E-state index is 0.153. The number of benzene rings is 1. The SMILES string of the molecule is CC(OC(=O)c1c(NC(=O)c2ccco2)sc2c1CCC2)C(=O)NC(C)c1ccccc1. The van der Waals surface area contributed by atoms with Crippen molar-refractivity contribution in [2.45, 2.75) is 45.3 Å². The fourth-order valence-electron chi connectivity index (χ4n) is 3.71. The highest BCUT2D eigenvalue weighted by molar-refractivity contribution is 7.17. The lowest BCUT2D eigenvalue weighted by Gasteiger charge is -2.18. The number of amides is 2. The lowest BCUT2D eigenvalue weighted by atomic mass is 10.1. The van der Waals surface area contributed by atoms with Gasteiger partial charge < -0.3 is 19.8 Å². The molecule has 2 amide bonds. The number of rotatable bonds is 7. The second-order valence-electron chi connectivity index (χ2n) is 7.68. The Morgan fingerprint density at radius 2 is 1.84 bits per heavy atom. The summed E-state index contributed by atoms with van der Waals surface area (Å²) in [5.74, 6) is -1.29. The molecule has 8 heteroatoms. The Bertz CT molecular complexity index is 1120. The van der Waals surface area contributed by atoms with Crippen molar-refractivity contribution in [1.82, 2.24) is 5.32 Å². The molecule has 0 saturated heterocycles. The molecule has 2 atom stereocenters. The Labute approximate surface area is 189 Å². The number of furan rings is 1. The van der Waals surface area contributed by atoms with Gasteiger partial charge in [0, 0.05) is 4.88 Å². The third-order valence-electron chi connectivity index (χ3n) is 5.41. The van der Waals surface area contributed by atoms with Crippen molar-refractivity contribution in [3.05, 3.63) is 76.1 Å². The van der Waals surface area contributed by atoms with Crippen LogP contribution in [0.25, 0.3) is 0 Å². The van der Waals surface area contributed by atoms with Crippen molar-refractivity contribution in [3.63, 3.8) is 0 Å². The lowest BCUT2D eigenvalue weighted by Crippen LogP contribution is -2.37. The van der Waals surface area contributed by atoms with Gasteiger partial charge in [-0.2, -0.15) is 0 Å². The topological polar surface area (TPSA) is 97.6 Å². The van der Waals surface area contributed by atoms with Crippen LogP contribution in [0.15, 0.2) is 53.1 Å². The molecule has 166 valence electrons. The average Bonchev–Trinajstić information content (AvgIpc) is 3.52. The largest absolute Gasteiger partial charge is 0.459 e. The molecule has 1 aromatic carbocycles. The predicted octanol–water partition coefficient (Wildman–Crippen LogP) is 4.50. The highest BCUT2D eigenvalue weighted by atomic mass is 32.1. The Kier molecular flexibility index (Phi) is 6.41. The monoisotopic (exact) mass is 452 g/mol. The van der Waals surface area contributed by atoms with Gasteiger partial charge in [-0.15, -0.1) is 11.3 Å². The van der Waals surface area contributed by atoms with Crippen molar-refractivity contribution in [3.8, 4) is 0 Å². The number of carbonyl (C=O) groups is 3. The first kappa shape index (κ1) is 21.8. The number of nitrogens with one attached hydrogen (secondary N) is 2. The summed E-state index contributed by atoms with van der Waals surface area (Å²) >= 11 is 1.37. The Hall–Kier alpha value is -3.39. The van der Waals surface area contributed by atoms with E-state index in [-0.39, 0.29) is 17.7 Å². The number of hydrogen-bond donors (Lipinski definition) is 2. The van der Waals surface area contributed by atoms with Gasteiger partial charge in [0.2, 0.25) is 0 Å². The second kappa shape index (κ2) is 9.40. The molecule has 0 aliphatic heterocycles. The zero-order chi connectivity index (χ0) is 22.7. The van der Waals surface area contributed by atoms with Crippen molar-refractivity contribution >= 4 is 34.1 Å². The number of ether oxygens (including phenoxy) is 1.